The molecule has 0 aromatic carbocycles. The number of hydrogen-bond acceptors (Lipinski definition) is 3. The van der Waals surface area contributed by atoms with Crippen molar-refractivity contribution in [3.8, 4) is 0 Å². The molecule has 1 heterocycles. The average molecular weight is 305 g/mol. The molecule has 0 amide bonds. The van der Waals surface area contributed by atoms with Gasteiger partial charge in [0.1, 0.15) is 5.54 Å². The van der Waals surface area contributed by atoms with Crippen LogP contribution in [0.25, 0.3) is 0 Å². The predicted octanol–water partition coefficient (Wildman–Crippen LogP) is 2.45. The van der Waals surface area contributed by atoms with E-state index < -0.39 is 29.3 Å². The number of carboxylic acids is 1. The Labute approximate surface area is 120 Å². The first-order chi connectivity index (χ1) is 9.62. The van der Waals surface area contributed by atoms with Crippen LogP contribution in [0.3, 0.4) is 0 Å². The van der Waals surface area contributed by atoms with Gasteiger partial charge in [0, 0.05) is 12.2 Å². The van der Waals surface area contributed by atoms with Crippen LogP contribution in [0.15, 0.2) is 12.4 Å². The fourth-order valence-corrected chi connectivity index (χ4v) is 2.30. The van der Waals surface area contributed by atoms with Crippen molar-refractivity contribution in [1.29, 1.82) is 0 Å². The van der Waals surface area contributed by atoms with Gasteiger partial charge in [-0.05, 0) is 33.1 Å². The van der Waals surface area contributed by atoms with Crippen LogP contribution in [0.1, 0.15) is 44.7 Å². The van der Waals surface area contributed by atoms with Crippen molar-refractivity contribution in [1.82, 2.24) is 15.1 Å². The summed E-state index contributed by atoms with van der Waals surface area (Å²) in [5.41, 5.74) is -2.01. The maximum atomic E-state index is 12.6. The summed E-state index contributed by atoms with van der Waals surface area (Å²) < 4.78 is 38.8. The smallest absolute Gasteiger partial charge is 0.419 e. The lowest BCUT2D eigenvalue weighted by Gasteiger charge is -2.29. The molecule has 2 N–H and O–H groups in total. The molecule has 2 rings (SSSR count). The summed E-state index contributed by atoms with van der Waals surface area (Å²) in [5, 5.41) is 16.1. The molecule has 1 aromatic rings. The number of nitrogens with one attached hydrogen (secondary N) is 1. The van der Waals surface area contributed by atoms with Crippen LogP contribution in [-0.4, -0.2) is 32.4 Å². The van der Waals surface area contributed by atoms with Crippen LogP contribution >= 0.6 is 0 Å². The highest BCUT2D eigenvalue weighted by atomic mass is 19.4. The Bertz CT molecular complexity index is 525. The number of nitrogens with zero attached hydrogens (tertiary/aromatic N) is 2. The summed E-state index contributed by atoms with van der Waals surface area (Å²) >= 11 is 0. The van der Waals surface area contributed by atoms with Gasteiger partial charge < -0.3 is 5.11 Å². The highest BCUT2D eigenvalue weighted by molar-refractivity contribution is 5.78. The fourth-order valence-electron chi connectivity index (χ4n) is 2.30. The third-order valence-electron chi connectivity index (χ3n) is 3.66. The molecule has 0 saturated heterocycles. The van der Waals surface area contributed by atoms with Crippen LogP contribution in [0.4, 0.5) is 13.2 Å². The number of carboxylic acid groups (broad SMARTS) is 1. The summed E-state index contributed by atoms with van der Waals surface area (Å²) in [7, 11) is 0. The number of aromatic nitrogens is 2. The molecule has 1 saturated carbocycles. The first kappa shape index (κ1) is 15.8. The summed E-state index contributed by atoms with van der Waals surface area (Å²) in [6.45, 7) is 3.21. The van der Waals surface area contributed by atoms with Gasteiger partial charge in [-0.2, -0.15) is 18.3 Å². The molecule has 1 fully saturated rings. The van der Waals surface area contributed by atoms with E-state index in [0.717, 1.165) is 25.2 Å². The molecule has 0 radical (unpaired) electrons. The Morgan fingerprint density at radius 3 is 2.62 bits per heavy atom. The number of halogens is 3. The zero-order valence-electron chi connectivity index (χ0n) is 11.8. The van der Waals surface area contributed by atoms with Gasteiger partial charge in [0.2, 0.25) is 0 Å². The summed E-state index contributed by atoms with van der Waals surface area (Å²) in [6, 6.07) is -0.282. The quantitative estimate of drug-likeness (QED) is 0.847. The third kappa shape index (κ3) is 3.75. The molecule has 0 bridgehead atoms. The lowest BCUT2D eigenvalue weighted by molar-refractivity contribution is -0.145. The molecule has 2 atom stereocenters. The Morgan fingerprint density at radius 1 is 1.57 bits per heavy atom. The standard InChI is InChI=1S/C13H18F3N3O2/c1-8(19-7-9(6-17-19)13(14,15)16)5-12(2,11(20)21)18-10-3-4-10/h6-8,10,18H,3-5H2,1-2H3,(H,20,21). The third-order valence-corrected chi connectivity index (χ3v) is 3.66. The van der Waals surface area contributed by atoms with Gasteiger partial charge in [0.15, 0.2) is 0 Å². The molecule has 1 aromatic heterocycles. The molecule has 2 unspecified atom stereocenters. The zero-order valence-corrected chi connectivity index (χ0v) is 11.8. The normalized spacial score (nSPS) is 20.0. The van der Waals surface area contributed by atoms with E-state index in [9.17, 15) is 23.1 Å². The fraction of sp³-hybridized carbons (Fsp3) is 0.692. The summed E-state index contributed by atoms with van der Waals surface area (Å²) in [4.78, 5) is 11.4. The van der Waals surface area contributed by atoms with Crippen molar-refractivity contribution >= 4 is 5.97 Å². The van der Waals surface area contributed by atoms with Gasteiger partial charge in [-0.25, -0.2) is 0 Å². The first-order valence-electron chi connectivity index (χ1n) is 6.74. The van der Waals surface area contributed by atoms with Crippen LogP contribution < -0.4 is 5.32 Å². The molecule has 0 spiro atoms. The van der Waals surface area contributed by atoms with Crippen LogP contribution in [0, 0.1) is 0 Å². The van der Waals surface area contributed by atoms with E-state index in [1.807, 2.05) is 0 Å². The topological polar surface area (TPSA) is 67.2 Å². The van der Waals surface area contributed by atoms with Gasteiger partial charge in [0.05, 0.1) is 17.8 Å². The second-order valence-corrected chi connectivity index (χ2v) is 5.82. The molecule has 118 valence electrons. The van der Waals surface area contributed by atoms with E-state index in [0.29, 0.717) is 0 Å². The minimum atomic E-state index is -4.44. The largest absolute Gasteiger partial charge is 0.480 e. The highest BCUT2D eigenvalue weighted by Gasteiger charge is 2.40. The molecule has 21 heavy (non-hydrogen) atoms. The van der Waals surface area contributed by atoms with E-state index in [1.54, 1.807) is 13.8 Å². The maximum absolute atomic E-state index is 12.6. The summed E-state index contributed by atoms with van der Waals surface area (Å²) in [6.07, 6.45) is -0.778. The van der Waals surface area contributed by atoms with E-state index >= 15 is 0 Å². The Balaban J connectivity index is 2.09. The lowest BCUT2D eigenvalue weighted by Crippen LogP contribution is -2.51. The molecular formula is C13H18F3N3O2. The molecule has 1 aliphatic rings. The first-order valence-corrected chi connectivity index (χ1v) is 6.74. The van der Waals surface area contributed by atoms with Crippen LogP contribution in [0.2, 0.25) is 0 Å². The number of rotatable bonds is 6. The Morgan fingerprint density at radius 2 is 2.19 bits per heavy atom. The monoisotopic (exact) mass is 305 g/mol. The van der Waals surface area contributed by atoms with Crippen molar-refractivity contribution in [2.45, 2.75) is 56.9 Å². The molecule has 1 aliphatic carbocycles. The second kappa shape index (κ2) is 5.32. The van der Waals surface area contributed by atoms with E-state index in [-0.39, 0.29) is 12.5 Å². The van der Waals surface area contributed by atoms with E-state index in [2.05, 4.69) is 10.4 Å². The molecule has 8 heteroatoms. The van der Waals surface area contributed by atoms with Crippen molar-refractivity contribution in [2.75, 3.05) is 0 Å². The highest BCUT2D eigenvalue weighted by Crippen LogP contribution is 2.31. The van der Waals surface area contributed by atoms with Crippen molar-refractivity contribution in [2.24, 2.45) is 0 Å². The Hall–Kier alpha value is -1.57. The molecule has 5 nitrogen and oxygen atoms in total. The number of aliphatic carboxylic acids is 1. The SMILES string of the molecule is CC(CC(C)(NC1CC1)C(=O)O)n1cc(C(F)(F)F)cn1. The van der Waals surface area contributed by atoms with Gasteiger partial charge in [0.25, 0.3) is 0 Å². The summed E-state index contributed by atoms with van der Waals surface area (Å²) in [5.74, 6) is -1.01. The van der Waals surface area contributed by atoms with Crippen LogP contribution in [-0.2, 0) is 11.0 Å². The lowest BCUT2D eigenvalue weighted by atomic mass is 9.93. The average Bonchev–Trinajstić information content (AvgIpc) is 2.99. The number of hydrogen-bond donors (Lipinski definition) is 2. The minimum Gasteiger partial charge on any atom is -0.480 e. The van der Waals surface area contributed by atoms with Crippen LogP contribution in [0.5, 0.6) is 0 Å². The minimum absolute atomic E-state index is 0.151. The van der Waals surface area contributed by atoms with Gasteiger partial charge in [-0.1, -0.05) is 0 Å². The van der Waals surface area contributed by atoms with Gasteiger partial charge in [-0.15, -0.1) is 0 Å². The molecule has 0 aliphatic heterocycles. The van der Waals surface area contributed by atoms with E-state index in [1.165, 1.54) is 4.68 Å². The molecular weight excluding hydrogens is 287 g/mol. The van der Waals surface area contributed by atoms with Gasteiger partial charge >= 0.3 is 12.1 Å². The van der Waals surface area contributed by atoms with Crippen molar-refractivity contribution in [3.05, 3.63) is 18.0 Å². The van der Waals surface area contributed by atoms with Crippen molar-refractivity contribution < 1.29 is 23.1 Å². The number of carbonyl (C=O) groups is 1. The number of alkyl halides is 3. The van der Waals surface area contributed by atoms with E-state index in [4.69, 9.17) is 0 Å². The Kier molecular flexibility index (Phi) is 4.01. The van der Waals surface area contributed by atoms with Crippen molar-refractivity contribution in [3.63, 3.8) is 0 Å². The predicted molar refractivity (Wildman–Crippen MR) is 68.8 cm³/mol. The maximum Gasteiger partial charge on any atom is 0.419 e. The van der Waals surface area contributed by atoms with Gasteiger partial charge in [-0.3, -0.25) is 14.8 Å². The second-order valence-electron chi connectivity index (χ2n) is 5.82. The zero-order chi connectivity index (χ0) is 15.8.